The summed E-state index contributed by atoms with van der Waals surface area (Å²) in [5, 5.41) is 18.2. The molecule has 262 valence electrons. The van der Waals surface area contributed by atoms with Gasteiger partial charge in [0.1, 0.15) is 24.7 Å². The highest BCUT2D eigenvalue weighted by Gasteiger charge is 2.21. The Balaban J connectivity index is 1.17. The van der Waals surface area contributed by atoms with Crippen LogP contribution in [-0.2, 0) is 27.2 Å². The van der Waals surface area contributed by atoms with E-state index < -0.39 is 11.9 Å². The lowest BCUT2D eigenvalue weighted by atomic mass is 9.97. The lowest BCUT2D eigenvalue weighted by molar-refractivity contribution is -0.138. The van der Waals surface area contributed by atoms with Gasteiger partial charge in [-0.1, -0.05) is 31.0 Å². The number of benzene rings is 3. The van der Waals surface area contributed by atoms with E-state index >= 15 is 0 Å². The molecule has 2 aliphatic rings. The summed E-state index contributed by atoms with van der Waals surface area (Å²) >= 11 is 0. The van der Waals surface area contributed by atoms with E-state index in [0.717, 1.165) is 54.4 Å². The van der Waals surface area contributed by atoms with Crippen LogP contribution < -0.4 is 18.9 Å². The maximum Gasteiger partial charge on any atom is 0.303 e. The van der Waals surface area contributed by atoms with Crippen molar-refractivity contribution in [3.05, 3.63) is 71.3 Å². The maximum atomic E-state index is 13.5. The third-order valence-electron chi connectivity index (χ3n) is 8.55. The number of unbranched alkanes of at least 4 members (excludes halogenated alkanes) is 3. The summed E-state index contributed by atoms with van der Waals surface area (Å²) in [5.74, 6) is 0.848. The van der Waals surface area contributed by atoms with E-state index in [9.17, 15) is 19.5 Å². The monoisotopic (exact) mass is 675 g/mol. The molecule has 0 aliphatic carbocycles. The number of amides is 1. The summed E-state index contributed by atoms with van der Waals surface area (Å²) < 4.78 is 29.0. The molecule has 0 unspecified atom stereocenters. The van der Waals surface area contributed by atoms with E-state index in [1.54, 1.807) is 0 Å². The number of fused-ring (bicyclic) bond motifs is 1. The predicted molar refractivity (Wildman–Crippen MR) is 182 cm³/mol. The number of aliphatic carboxylic acids is 2. The van der Waals surface area contributed by atoms with Crippen LogP contribution >= 0.6 is 0 Å². The topological polar surface area (TPSA) is 141 Å². The summed E-state index contributed by atoms with van der Waals surface area (Å²) in [5.41, 5.74) is 4.27. The van der Waals surface area contributed by atoms with E-state index in [0.29, 0.717) is 87.5 Å². The van der Waals surface area contributed by atoms with Gasteiger partial charge in [-0.2, -0.15) is 0 Å². The lowest BCUT2D eigenvalue weighted by Gasteiger charge is -2.27. The van der Waals surface area contributed by atoms with E-state index in [1.807, 2.05) is 59.5 Å². The second-order valence-corrected chi connectivity index (χ2v) is 12.2. The molecule has 1 fully saturated rings. The van der Waals surface area contributed by atoms with Crippen LogP contribution in [0, 0.1) is 0 Å². The first kappa shape index (κ1) is 35.5. The smallest absolute Gasteiger partial charge is 0.303 e. The van der Waals surface area contributed by atoms with Crippen LogP contribution in [0.2, 0.25) is 0 Å². The SMILES string of the molecule is O=C(O)CCCOc1cccc(CCCCCCOc2cc(C(=O)N3CCOCC3)cc(-c3ccc4c(c3)OCCO4)c2)c1CCC(=O)O. The fourth-order valence-corrected chi connectivity index (χ4v) is 6.01. The number of carbonyl (C=O) groups excluding carboxylic acids is 1. The average Bonchev–Trinajstić information content (AvgIpc) is 3.12. The molecule has 5 rings (SSSR count). The number of hydrogen-bond acceptors (Lipinski definition) is 8. The van der Waals surface area contributed by atoms with Gasteiger partial charge in [0.2, 0.25) is 0 Å². The van der Waals surface area contributed by atoms with Crippen molar-refractivity contribution in [3.63, 3.8) is 0 Å². The standard InChI is InChI=1S/C38H45NO10/c40-36(41)10-6-18-47-33-9-5-8-27(32(33)12-14-37(42)43)7-3-1-2-4-17-46-31-24-29(28-11-13-34-35(26-28)49-22-21-48-34)23-30(25-31)38(44)39-15-19-45-20-16-39/h5,8-9,11,13,23-26H,1-4,6-7,10,12,14-22H2,(H,40,41)(H,42,43). The molecule has 2 N–H and O–H groups in total. The molecule has 3 aromatic rings. The zero-order chi connectivity index (χ0) is 34.4. The Kier molecular flexibility index (Phi) is 13.1. The first-order chi connectivity index (χ1) is 23.9. The van der Waals surface area contributed by atoms with Crippen LogP contribution in [0.25, 0.3) is 11.1 Å². The lowest BCUT2D eigenvalue weighted by Crippen LogP contribution is -2.40. The molecular weight excluding hydrogens is 630 g/mol. The van der Waals surface area contributed by atoms with Gasteiger partial charge in [0, 0.05) is 31.5 Å². The van der Waals surface area contributed by atoms with Gasteiger partial charge >= 0.3 is 11.9 Å². The number of ether oxygens (including phenoxy) is 5. The Morgan fingerprint density at radius 1 is 0.694 bits per heavy atom. The number of nitrogens with zero attached hydrogens (tertiary/aromatic N) is 1. The molecule has 2 heterocycles. The van der Waals surface area contributed by atoms with Gasteiger partial charge < -0.3 is 38.8 Å². The van der Waals surface area contributed by atoms with E-state index in [-0.39, 0.29) is 25.4 Å². The minimum atomic E-state index is -0.874. The maximum absolute atomic E-state index is 13.5. The Labute approximate surface area is 286 Å². The first-order valence-electron chi connectivity index (χ1n) is 17.1. The highest BCUT2D eigenvalue weighted by molar-refractivity contribution is 5.96. The summed E-state index contributed by atoms with van der Waals surface area (Å²) in [6.07, 6.45) is 5.19. The number of morpholine rings is 1. The number of carbonyl (C=O) groups is 3. The summed E-state index contributed by atoms with van der Waals surface area (Å²) in [4.78, 5) is 37.4. The minimum absolute atomic E-state index is 0.00450. The average molecular weight is 676 g/mol. The summed E-state index contributed by atoms with van der Waals surface area (Å²) in [7, 11) is 0. The zero-order valence-corrected chi connectivity index (χ0v) is 27.8. The van der Waals surface area contributed by atoms with Crippen LogP contribution in [0.3, 0.4) is 0 Å². The molecule has 0 radical (unpaired) electrons. The Morgan fingerprint density at radius 3 is 2.24 bits per heavy atom. The summed E-state index contributed by atoms with van der Waals surface area (Å²) in [6, 6.07) is 17.2. The van der Waals surface area contributed by atoms with Gasteiger partial charge in [0.15, 0.2) is 11.5 Å². The van der Waals surface area contributed by atoms with Gasteiger partial charge in [-0.3, -0.25) is 14.4 Å². The van der Waals surface area contributed by atoms with Crippen molar-refractivity contribution in [2.24, 2.45) is 0 Å². The van der Waals surface area contributed by atoms with Crippen LogP contribution in [0.5, 0.6) is 23.0 Å². The predicted octanol–water partition coefficient (Wildman–Crippen LogP) is 6.04. The van der Waals surface area contributed by atoms with Gasteiger partial charge in [-0.15, -0.1) is 0 Å². The van der Waals surface area contributed by atoms with Gasteiger partial charge in [-0.25, -0.2) is 0 Å². The normalized spacial score (nSPS) is 13.9. The zero-order valence-electron chi connectivity index (χ0n) is 27.8. The van der Waals surface area contributed by atoms with Gasteiger partial charge in [-0.05, 0) is 90.8 Å². The van der Waals surface area contributed by atoms with E-state index in [2.05, 4.69) is 0 Å². The number of hydrogen-bond donors (Lipinski definition) is 2. The van der Waals surface area contributed by atoms with E-state index in [4.69, 9.17) is 28.8 Å². The Hall–Kier alpha value is -4.77. The second kappa shape index (κ2) is 18.1. The molecule has 2 aliphatic heterocycles. The van der Waals surface area contributed by atoms with Crippen LogP contribution in [0.4, 0.5) is 0 Å². The largest absolute Gasteiger partial charge is 0.494 e. The van der Waals surface area contributed by atoms with Crippen molar-refractivity contribution in [2.45, 2.75) is 57.8 Å². The molecule has 11 heteroatoms. The molecule has 49 heavy (non-hydrogen) atoms. The molecule has 0 spiro atoms. The van der Waals surface area contributed by atoms with Crippen LogP contribution in [-0.4, -0.2) is 85.7 Å². The first-order valence-corrected chi connectivity index (χ1v) is 17.1. The molecule has 0 saturated carbocycles. The number of carboxylic acid groups (broad SMARTS) is 2. The number of rotatable bonds is 18. The fourth-order valence-electron chi connectivity index (χ4n) is 6.01. The highest BCUT2D eigenvalue weighted by Crippen LogP contribution is 2.36. The molecule has 11 nitrogen and oxygen atoms in total. The molecule has 0 aromatic heterocycles. The van der Waals surface area contributed by atoms with Crippen molar-refractivity contribution in [2.75, 3.05) is 52.7 Å². The molecule has 1 saturated heterocycles. The van der Waals surface area contributed by atoms with Crippen LogP contribution in [0.1, 0.15) is 66.4 Å². The number of aryl methyl sites for hydroxylation is 1. The van der Waals surface area contributed by atoms with Gasteiger partial charge in [0.05, 0.1) is 26.4 Å². The highest BCUT2D eigenvalue weighted by atomic mass is 16.6. The molecule has 0 atom stereocenters. The van der Waals surface area contributed by atoms with E-state index in [1.165, 1.54) is 0 Å². The molecule has 1 amide bonds. The Morgan fingerprint density at radius 2 is 1.45 bits per heavy atom. The third kappa shape index (κ3) is 10.6. The quantitative estimate of drug-likeness (QED) is 0.153. The van der Waals surface area contributed by atoms with Crippen molar-refractivity contribution in [1.82, 2.24) is 4.90 Å². The van der Waals surface area contributed by atoms with Crippen LogP contribution in [0.15, 0.2) is 54.6 Å². The summed E-state index contributed by atoms with van der Waals surface area (Å²) in [6.45, 7) is 3.91. The third-order valence-corrected chi connectivity index (χ3v) is 8.55. The molecular formula is C38H45NO10. The van der Waals surface area contributed by atoms with Crippen molar-refractivity contribution in [1.29, 1.82) is 0 Å². The van der Waals surface area contributed by atoms with Gasteiger partial charge in [0.25, 0.3) is 5.91 Å². The van der Waals surface area contributed by atoms with Crippen molar-refractivity contribution in [3.8, 4) is 34.1 Å². The van der Waals surface area contributed by atoms with Crippen molar-refractivity contribution >= 4 is 17.8 Å². The second-order valence-electron chi connectivity index (χ2n) is 12.2. The number of carboxylic acids is 2. The Bertz CT molecular complexity index is 1580. The molecule has 0 bridgehead atoms. The fraction of sp³-hybridized carbons (Fsp3) is 0.447. The minimum Gasteiger partial charge on any atom is -0.494 e. The van der Waals surface area contributed by atoms with Crippen molar-refractivity contribution < 1.29 is 48.3 Å². The molecule has 3 aromatic carbocycles.